The monoisotopic (exact) mass is 322 g/mol. The lowest BCUT2D eigenvalue weighted by atomic mass is 9.83. The number of rotatable bonds is 5. The van der Waals surface area contributed by atoms with Crippen LogP contribution in [-0.2, 0) is 19.1 Å². The van der Waals surface area contributed by atoms with Gasteiger partial charge in [0.25, 0.3) is 0 Å². The van der Waals surface area contributed by atoms with E-state index in [4.69, 9.17) is 27.5 Å². The highest BCUT2D eigenvalue weighted by Gasteiger charge is 2.53. The molecule has 0 aromatic rings. The maximum atomic E-state index is 12.5. The number of carbonyl (C=O) groups is 2. The first-order valence-corrected chi connectivity index (χ1v) is 7.52. The van der Waals surface area contributed by atoms with Crippen molar-refractivity contribution in [1.82, 2.24) is 0 Å². The molecule has 1 saturated carbocycles. The van der Waals surface area contributed by atoms with E-state index in [0.29, 0.717) is 0 Å². The highest BCUT2D eigenvalue weighted by molar-refractivity contribution is 6.29. The Morgan fingerprint density at radius 2 is 1.86 bits per heavy atom. The van der Waals surface area contributed by atoms with Gasteiger partial charge in [-0.15, -0.1) is 6.42 Å². The summed E-state index contributed by atoms with van der Waals surface area (Å²) >= 11 is 5.61. The largest absolute Gasteiger partial charge is 0.460 e. The SMILES string of the molecule is C#CC(C)(C)OC(=O)[C@H]1[C@@H](C(=O)OCC(=C)Cl)[C@H]2C=C[C@@H]1C2. The van der Waals surface area contributed by atoms with Crippen LogP contribution < -0.4 is 0 Å². The molecule has 0 aromatic carbocycles. The van der Waals surface area contributed by atoms with Crippen molar-refractivity contribution in [2.45, 2.75) is 25.9 Å². The Morgan fingerprint density at radius 3 is 2.36 bits per heavy atom. The summed E-state index contributed by atoms with van der Waals surface area (Å²) in [6.07, 6.45) is 10.0. The number of ether oxygens (including phenoxy) is 2. The van der Waals surface area contributed by atoms with Gasteiger partial charge in [-0.2, -0.15) is 0 Å². The molecule has 0 heterocycles. The standard InChI is InChI=1S/C17H19ClO4/c1-5-17(3,4)22-16(20)14-12-7-6-11(8-12)13(14)15(19)21-9-10(2)18/h1,6-7,11-14H,2,8-9H2,3-4H3/t11-,12+,13-,14+/m0/s1. The number of esters is 2. The van der Waals surface area contributed by atoms with E-state index in [1.54, 1.807) is 13.8 Å². The zero-order valence-electron chi connectivity index (χ0n) is 12.7. The Balaban J connectivity index is 2.13. The molecule has 0 unspecified atom stereocenters. The van der Waals surface area contributed by atoms with Crippen molar-refractivity contribution in [2.75, 3.05) is 6.61 Å². The van der Waals surface area contributed by atoms with Crippen molar-refractivity contribution in [3.63, 3.8) is 0 Å². The van der Waals surface area contributed by atoms with Gasteiger partial charge >= 0.3 is 11.9 Å². The van der Waals surface area contributed by atoms with E-state index in [1.807, 2.05) is 12.2 Å². The summed E-state index contributed by atoms with van der Waals surface area (Å²) in [6, 6.07) is 0. The van der Waals surface area contributed by atoms with Crippen LogP contribution in [0, 0.1) is 36.0 Å². The first-order chi connectivity index (χ1) is 10.2. The second-order valence-corrected chi connectivity index (χ2v) is 6.74. The molecule has 0 aliphatic heterocycles. The van der Waals surface area contributed by atoms with E-state index < -0.39 is 29.4 Å². The topological polar surface area (TPSA) is 52.6 Å². The molecule has 4 atom stereocenters. The lowest BCUT2D eigenvalue weighted by Crippen LogP contribution is -2.39. The molecule has 22 heavy (non-hydrogen) atoms. The van der Waals surface area contributed by atoms with E-state index in [1.165, 1.54) is 0 Å². The van der Waals surface area contributed by atoms with Crippen LogP contribution >= 0.6 is 11.6 Å². The Kier molecular flexibility index (Phi) is 4.67. The Hall–Kier alpha value is -1.73. The van der Waals surface area contributed by atoms with Crippen molar-refractivity contribution in [3.05, 3.63) is 23.8 Å². The molecule has 5 heteroatoms. The predicted molar refractivity (Wildman–Crippen MR) is 82.7 cm³/mol. The molecule has 0 spiro atoms. The van der Waals surface area contributed by atoms with E-state index in [-0.39, 0.29) is 23.5 Å². The molecule has 1 fully saturated rings. The molecule has 0 amide bonds. The van der Waals surface area contributed by atoms with Crippen molar-refractivity contribution in [2.24, 2.45) is 23.7 Å². The molecule has 2 aliphatic carbocycles. The molecule has 4 nitrogen and oxygen atoms in total. The van der Waals surface area contributed by atoms with Gasteiger partial charge in [-0.25, -0.2) is 0 Å². The third-order valence-electron chi connectivity index (χ3n) is 4.08. The number of carbonyl (C=O) groups excluding carboxylic acids is 2. The third kappa shape index (κ3) is 3.36. The van der Waals surface area contributed by atoms with Crippen LogP contribution in [0.4, 0.5) is 0 Å². The summed E-state index contributed by atoms with van der Waals surface area (Å²) in [6.45, 7) is 6.69. The minimum atomic E-state index is -0.999. The third-order valence-corrected chi connectivity index (χ3v) is 4.19. The maximum absolute atomic E-state index is 12.5. The molecule has 0 radical (unpaired) electrons. The summed E-state index contributed by atoms with van der Waals surface area (Å²) in [5.41, 5.74) is -0.999. The summed E-state index contributed by atoms with van der Waals surface area (Å²) in [5.74, 6) is 0.396. The van der Waals surface area contributed by atoms with Gasteiger partial charge in [0.2, 0.25) is 0 Å². The van der Waals surface area contributed by atoms with Gasteiger partial charge in [-0.1, -0.05) is 36.3 Å². The number of fused-ring (bicyclic) bond motifs is 2. The van der Waals surface area contributed by atoms with Crippen LogP contribution in [-0.4, -0.2) is 24.1 Å². The summed E-state index contributed by atoms with van der Waals surface area (Å²) in [5, 5.41) is 0.236. The molecule has 0 N–H and O–H groups in total. The highest BCUT2D eigenvalue weighted by Crippen LogP contribution is 2.49. The molecular formula is C17H19ClO4. The van der Waals surface area contributed by atoms with Gasteiger partial charge in [0.1, 0.15) is 6.61 Å². The number of allylic oxidation sites excluding steroid dienone is 2. The second-order valence-electron chi connectivity index (χ2n) is 6.20. The lowest BCUT2D eigenvalue weighted by molar-refractivity contribution is -0.166. The van der Waals surface area contributed by atoms with E-state index in [9.17, 15) is 9.59 Å². The summed E-state index contributed by atoms with van der Waals surface area (Å²) in [7, 11) is 0. The first-order valence-electron chi connectivity index (χ1n) is 7.14. The van der Waals surface area contributed by atoms with Gasteiger partial charge in [-0.05, 0) is 32.1 Å². The second kappa shape index (κ2) is 6.18. The Labute approximate surface area is 135 Å². The Bertz CT molecular complexity index is 570. The van der Waals surface area contributed by atoms with E-state index in [2.05, 4.69) is 12.5 Å². The van der Waals surface area contributed by atoms with E-state index in [0.717, 1.165) is 6.42 Å². The van der Waals surface area contributed by atoms with Crippen LogP contribution in [0.2, 0.25) is 0 Å². The number of hydrogen-bond acceptors (Lipinski definition) is 4. The van der Waals surface area contributed by atoms with Gasteiger partial charge < -0.3 is 9.47 Å². The van der Waals surface area contributed by atoms with Crippen LogP contribution in [0.1, 0.15) is 20.3 Å². The molecule has 118 valence electrons. The molecule has 0 aromatic heterocycles. The predicted octanol–water partition coefficient (Wildman–Crippen LogP) is 2.68. The smallest absolute Gasteiger partial charge is 0.311 e. The average molecular weight is 323 g/mol. The first kappa shape index (κ1) is 16.6. The number of hydrogen-bond donors (Lipinski definition) is 0. The quantitative estimate of drug-likeness (QED) is 0.443. The fraction of sp³-hybridized carbons (Fsp3) is 0.529. The van der Waals surface area contributed by atoms with Crippen LogP contribution in [0.5, 0.6) is 0 Å². The van der Waals surface area contributed by atoms with Crippen molar-refractivity contribution >= 4 is 23.5 Å². The molecule has 2 rings (SSSR count). The highest BCUT2D eigenvalue weighted by atomic mass is 35.5. The lowest BCUT2D eigenvalue weighted by Gasteiger charge is -2.28. The fourth-order valence-electron chi connectivity index (χ4n) is 3.06. The van der Waals surface area contributed by atoms with Crippen molar-refractivity contribution < 1.29 is 19.1 Å². The Morgan fingerprint density at radius 1 is 1.32 bits per heavy atom. The number of terminal acetylenes is 1. The number of halogens is 1. The zero-order chi connectivity index (χ0) is 16.5. The van der Waals surface area contributed by atoms with Crippen LogP contribution in [0.15, 0.2) is 23.8 Å². The van der Waals surface area contributed by atoms with E-state index >= 15 is 0 Å². The molecule has 2 aliphatic rings. The van der Waals surface area contributed by atoms with Gasteiger partial charge in [-0.3, -0.25) is 9.59 Å². The van der Waals surface area contributed by atoms with Crippen LogP contribution in [0.25, 0.3) is 0 Å². The molecule has 2 bridgehead atoms. The van der Waals surface area contributed by atoms with Gasteiger partial charge in [0, 0.05) is 5.03 Å². The van der Waals surface area contributed by atoms with Gasteiger partial charge in [0.05, 0.1) is 11.8 Å². The summed E-state index contributed by atoms with van der Waals surface area (Å²) in [4.78, 5) is 24.7. The normalized spacial score (nSPS) is 29.0. The average Bonchev–Trinajstić information content (AvgIpc) is 3.04. The van der Waals surface area contributed by atoms with Crippen molar-refractivity contribution in [3.8, 4) is 12.3 Å². The summed E-state index contributed by atoms with van der Waals surface area (Å²) < 4.78 is 10.5. The minimum absolute atomic E-state index is 0.00686. The zero-order valence-corrected chi connectivity index (χ0v) is 13.4. The molecule has 0 saturated heterocycles. The maximum Gasteiger partial charge on any atom is 0.311 e. The van der Waals surface area contributed by atoms with Crippen LogP contribution in [0.3, 0.4) is 0 Å². The fourth-order valence-corrected chi connectivity index (χ4v) is 3.11. The van der Waals surface area contributed by atoms with Crippen molar-refractivity contribution in [1.29, 1.82) is 0 Å². The minimum Gasteiger partial charge on any atom is -0.460 e. The molecular weight excluding hydrogens is 304 g/mol. The van der Waals surface area contributed by atoms with Gasteiger partial charge in [0.15, 0.2) is 5.60 Å².